The molecule has 0 saturated carbocycles. The lowest BCUT2D eigenvalue weighted by atomic mass is 10.2. The maximum Gasteiger partial charge on any atom is 0.344 e. The lowest BCUT2D eigenvalue weighted by Crippen LogP contribution is -2.36. The zero-order valence-electron chi connectivity index (χ0n) is 18.2. The SMILES string of the molecule is CCOC(=O)COc1c(Cl)cc(/C=C2\SC(=O)N(CC(=O)Nc3ccc(C)cc3)C2=O)cc1Cl. The van der Waals surface area contributed by atoms with E-state index in [0.717, 1.165) is 10.5 Å². The molecule has 2 aromatic rings. The molecule has 3 rings (SSSR count). The van der Waals surface area contributed by atoms with Crippen molar-refractivity contribution in [2.75, 3.05) is 25.1 Å². The molecule has 3 amide bonds. The van der Waals surface area contributed by atoms with E-state index in [2.05, 4.69) is 5.32 Å². The second kappa shape index (κ2) is 11.4. The van der Waals surface area contributed by atoms with E-state index in [-0.39, 0.29) is 33.9 Å². The number of amides is 3. The molecule has 0 aromatic heterocycles. The Morgan fingerprint density at radius 2 is 1.76 bits per heavy atom. The standard InChI is InChI=1S/C23H20Cl2N2O6S/c1-3-32-20(29)12-33-21-16(24)8-14(9-17(21)25)10-18-22(30)27(23(31)34-18)11-19(28)26-15-6-4-13(2)5-7-15/h4-10H,3,11-12H2,1-2H3,(H,26,28)/b18-10-. The third-order valence-corrected chi connectivity index (χ3v) is 5.94. The Hall–Kier alpha value is -3.01. The Bertz CT molecular complexity index is 1140. The first-order valence-corrected chi connectivity index (χ1v) is 11.6. The molecule has 1 N–H and O–H groups in total. The number of benzene rings is 2. The summed E-state index contributed by atoms with van der Waals surface area (Å²) in [6, 6.07) is 10.1. The minimum atomic E-state index is -0.607. The normalized spacial score (nSPS) is 14.5. The van der Waals surface area contributed by atoms with E-state index in [4.69, 9.17) is 32.7 Å². The molecule has 1 aliphatic rings. The van der Waals surface area contributed by atoms with Crippen LogP contribution < -0.4 is 10.1 Å². The van der Waals surface area contributed by atoms with Crippen LogP contribution in [0.2, 0.25) is 10.0 Å². The summed E-state index contributed by atoms with van der Waals surface area (Å²) in [4.78, 5) is 49.8. The number of ether oxygens (including phenoxy) is 2. The van der Waals surface area contributed by atoms with Crippen molar-refractivity contribution in [3.05, 3.63) is 62.5 Å². The van der Waals surface area contributed by atoms with Gasteiger partial charge in [-0.15, -0.1) is 0 Å². The van der Waals surface area contributed by atoms with Crippen molar-refractivity contribution in [3.63, 3.8) is 0 Å². The second-order valence-electron chi connectivity index (χ2n) is 7.09. The van der Waals surface area contributed by atoms with Gasteiger partial charge in [0.15, 0.2) is 12.4 Å². The number of hydrogen-bond donors (Lipinski definition) is 1. The summed E-state index contributed by atoms with van der Waals surface area (Å²) in [5.74, 6) is -1.58. The summed E-state index contributed by atoms with van der Waals surface area (Å²) >= 11 is 13.1. The summed E-state index contributed by atoms with van der Waals surface area (Å²) in [7, 11) is 0. The zero-order chi connectivity index (χ0) is 24.8. The lowest BCUT2D eigenvalue weighted by Gasteiger charge is -2.12. The predicted octanol–water partition coefficient (Wildman–Crippen LogP) is 4.92. The van der Waals surface area contributed by atoms with Crippen LogP contribution in [0, 0.1) is 6.92 Å². The van der Waals surface area contributed by atoms with E-state index in [1.54, 1.807) is 19.1 Å². The fourth-order valence-electron chi connectivity index (χ4n) is 2.90. The van der Waals surface area contributed by atoms with Crippen LogP contribution in [0.5, 0.6) is 5.75 Å². The van der Waals surface area contributed by atoms with Gasteiger partial charge >= 0.3 is 5.97 Å². The molecule has 34 heavy (non-hydrogen) atoms. The molecule has 0 atom stereocenters. The van der Waals surface area contributed by atoms with Crippen molar-refractivity contribution >= 4 is 69.8 Å². The highest BCUT2D eigenvalue weighted by atomic mass is 35.5. The summed E-state index contributed by atoms with van der Waals surface area (Å²) in [5.41, 5.74) is 2.04. The molecule has 178 valence electrons. The van der Waals surface area contributed by atoms with Gasteiger partial charge in [0.1, 0.15) is 6.54 Å². The van der Waals surface area contributed by atoms with Gasteiger partial charge in [0, 0.05) is 5.69 Å². The Kier molecular flexibility index (Phi) is 8.60. The third kappa shape index (κ3) is 6.53. The van der Waals surface area contributed by atoms with Crippen LogP contribution in [0.3, 0.4) is 0 Å². The Labute approximate surface area is 210 Å². The maximum absolute atomic E-state index is 12.7. The van der Waals surface area contributed by atoms with Gasteiger partial charge in [0.25, 0.3) is 11.1 Å². The van der Waals surface area contributed by atoms with Crippen LogP contribution in [-0.4, -0.2) is 47.7 Å². The van der Waals surface area contributed by atoms with Crippen LogP contribution in [0.1, 0.15) is 18.1 Å². The number of halogens is 2. The minimum Gasteiger partial charge on any atom is -0.479 e. The molecule has 8 nitrogen and oxygen atoms in total. The second-order valence-corrected chi connectivity index (χ2v) is 8.90. The topological polar surface area (TPSA) is 102 Å². The molecule has 0 aliphatic carbocycles. The number of thioether (sulfide) groups is 1. The van der Waals surface area contributed by atoms with E-state index in [1.165, 1.54) is 18.2 Å². The van der Waals surface area contributed by atoms with Crippen molar-refractivity contribution in [1.82, 2.24) is 4.90 Å². The number of anilines is 1. The molecule has 0 unspecified atom stereocenters. The molecule has 0 bridgehead atoms. The highest BCUT2D eigenvalue weighted by molar-refractivity contribution is 8.18. The number of carbonyl (C=O) groups excluding carboxylic acids is 4. The maximum atomic E-state index is 12.7. The molecule has 11 heteroatoms. The molecule has 1 aliphatic heterocycles. The number of rotatable bonds is 8. The highest BCUT2D eigenvalue weighted by Gasteiger charge is 2.36. The van der Waals surface area contributed by atoms with Crippen LogP contribution >= 0.6 is 35.0 Å². The Morgan fingerprint density at radius 3 is 2.38 bits per heavy atom. The van der Waals surface area contributed by atoms with Crippen molar-refractivity contribution < 1.29 is 28.7 Å². The molecule has 1 fully saturated rings. The largest absolute Gasteiger partial charge is 0.479 e. The molecule has 0 spiro atoms. The molecular formula is C23H20Cl2N2O6S. The summed E-state index contributed by atoms with van der Waals surface area (Å²) < 4.78 is 10.1. The van der Waals surface area contributed by atoms with Gasteiger partial charge < -0.3 is 14.8 Å². The van der Waals surface area contributed by atoms with Crippen LogP contribution in [0.15, 0.2) is 41.3 Å². The molecule has 2 aromatic carbocycles. The molecule has 1 heterocycles. The van der Waals surface area contributed by atoms with Gasteiger partial charge in [-0.25, -0.2) is 4.79 Å². The fraction of sp³-hybridized carbons (Fsp3) is 0.217. The summed E-state index contributed by atoms with van der Waals surface area (Å²) in [6.07, 6.45) is 1.44. The van der Waals surface area contributed by atoms with E-state index in [0.29, 0.717) is 23.0 Å². The average Bonchev–Trinajstić information content (AvgIpc) is 3.02. The molecule has 0 radical (unpaired) electrons. The van der Waals surface area contributed by atoms with E-state index >= 15 is 0 Å². The van der Waals surface area contributed by atoms with E-state index in [1.807, 2.05) is 19.1 Å². The van der Waals surface area contributed by atoms with E-state index < -0.39 is 29.6 Å². The van der Waals surface area contributed by atoms with Crippen LogP contribution in [-0.2, 0) is 19.1 Å². The van der Waals surface area contributed by atoms with Crippen molar-refractivity contribution in [3.8, 4) is 5.75 Å². The predicted molar refractivity (Wildman–Crippen MR) is 131 cm³/mol. The van der Waals surface area contributed by atoms with Gasteiger partial charge in [-0.2, -0.15) is 0 Å². The van der Waals surface area contributed by atoms with Crippen molar-refractivity contribution in [1.29, 1.82) is 0 Å². The number of imide groups is 1. The van der Waals surface area contributed by atoms with Gasteiger partial charge in [-0.3, -0.25) is 19.3 Å². The van der Waals surface area contributed by atoms with Gasteiger partial charge in [-0.05, 0) is 61.5 Å². The van der Waals surface area contributed by atoms with Crippen molar-refractivity contribution in [2.45, 2.75) is 13.8 Å². The minimum absolute atomic E-state index is 0.0921. The average molecular weight is 523 g/mol. The van der Waals surface area contributed by atoms with Gasteiger partial charge in [0.05, 0.1) is 21.6 Å². The number of esters is 1. The number of nitrogens with one attached hydrogen (secondary N) is 1. The van der Waals surface area contributed by atoms with E-state index in [9.17, 15) is 19.2 Å². The number of nitrogens with zero attached hydrogens (tertiary/aromatic N) is 1. The highest BCUT2D eigenvalue weighted by Crippen LogP contribution is 2.37. The molecular weight excluding hydrogens is 503 g/mol. The number of carbonyl (C=O) groups is 4. The molecule has 1 saturated heterocycles. The summed E-state index contributed by atoms with van der Waals surface area (Å²) in [5, 5.41) is 2.31. The monoisotopic (exact) mass is 522 g/mol. The van der Waals surface area contributed by atoms with Crippen molar-refractivity contribution in [2.24, 2.45) is 0 Å². The van der Waals surface area contributed by atoms with Crippen LogP contribution in [0.4, 0.5) is 10.5 Å². The quantitative estimate of drug-likeness (QED) is 0.387. The first kappa shape index (κ1) is 25.6. The fourth-order valence-corrected chi connectivity index (χ4v) is 4.35. The first-order valence-electron chi connectivity index (χ1n) is 10.1. The first-order chi connectivity index (χ1) is 16.2. The van der Waals surface area contributed by atoms with Crippen LogP contribution in [0.25, 0.3) is 6.08 Å². The zero-order valence-corrected chi connectivity index (χ0v) is 20.6. The van der Waals surface area contributed by atoms with Gasteiger partial charge in [0.2, 0.25) is 5.91 Å². The Morgan fingerprint density at radius 1 is 1.12 bits per heavy atom. The van der Waals surface area contributed by atoms with Gasteiger partial charge in [-0.1, -0.05) is 40.9 Å². The number of hydrogen-bond acceptors (Lipinski definition) is 7. The smallest absolute Gasteiger partial charge is 0.344 e. The lowest BCUT2D eigenvalue weighted by molar-refractivity contribution is -0.145. The number of aryl methyl sites for hydroxylation is 1. The summed E-state index contributed by atoms with van der Waals surface area (Å²) in [6.45, 7) is 3.02. The Balaban J connectivity index is 1.68. The third-order valence-electron chi connectivity index (χ3n) is 4.47.